The Kier molecular flexibility index (Phi) is 7.45. The quantitative estimate of drug-likeness (QED) is 0.367. The molecule has 0 aliphatic heterocycles. The molecule has 2 rings (SSSR count). The highest BCUT2D eigenvalue weighted by molar-refractivity contribution is 5.81. The number of nitrogens with zero attached hydrogens (tertiary/aromatic N) is 1. The van der Waals surface area contributed by atoms with Crippen molar-refractivity contribution < 1.29 is 14.3 Å². The molecular formula is C22H23NO3. The van der Waals surface area contributed by atoms with E-state index in [4.69, 9.17) is 14.7 Å². The second-order valence-electron chi connectivity index (χ2n) is 5.85. The fourth-order valence-corrected chi connectivity index (χ4v) is 2.61. The Morgan fingerprint density at radius 2 is 1.96 bits per heavy atom. The molecule has 4 nitrogen and oxygen atoms in total. The average Bonchev–Trinajstić information content (AvgIpc) is 2.70. The van der Waals surface area contributed by atoms with Crippen LogP contribution in [-0.2, 0) is 9.53 Å². The lowest BCUT2D eigenvalue weighted by Crippen LogP contribution is -2.16. The van der Waals surface area contributed by atoms with E-state index < -0.39 is 0 Å². The van der Waals surface area contributed by atoms with Gasteiger partial charge in [0.25, 0.3) is 0 Å². The maximum absolute atomic E-state index is 11.3. The first-order valence-corrected chi connectivity index (χ1v) is 8.73. The number of rotatable bonds is 9. The Morgan fingerprint density at radius 1 is 1.23 bits per heavy atom. The summed E-state index contributed by atoms with van der Waals surface area (Å²) >= 11 is 0. The van der Waals surface area contributed by atoms with Crippen LogP contribution in [0.5, 0.6) is 5.75 Å². The predicted octanol–water partition coefficient (Wildman–Crippen LogP) is 4.89. The largest absolute Gasteiger partial charge is 0.493 e. The maximum Gasteiger partial charge on any atom is 0.330 e. The van der Waals surface area contributed by atoms with Crippen molar-refractivity contribution in [3.05, 3.63) is 66.7 Å². The first-order chi connectivity index (χ1) is 12.7. The Balaban J connectivity index is 1.95. The summed E-state index contributed by atoms with van der Waals surface area (Å²) in [5, 5.41) is 8.92. The number of esters is 1. The smallest absolute Gasteiger partial charge is 0.330 e. The summed E-state index contributed by atoms with van der Waals surface area (Å²) in [6.45, 7) is 5.94. The molecule has 2 aromatic carbocycles. The maximum atomic E-state index is 11.3. The van der Waals surface area contributed by atoms with Crippen LogP contribution in [0.2, 0.25) is 0 Å². The summed E-state index contributed by atoms with van der Waals surface area (Å²) < 4.78 is 11.2. The van der Waals surface area contributed by atoms with Gasteiger partial charge >= 0.3 is 5.97 Å². The lowest BCUT2D eigenvalue weighted by molar-refractivity contribution is -0.143. The summed E-state index contributed by atoms with van der Waals surface area (Å²) in [5.74, 6) is 0.414. The normalized spacial score (nSPS) is 11.2. The SMILES string of the molecule is C=CC(=O)OC(CC)CCCOc1ccccc1-c1ccc(C#N)cc1. The van der Waals surface area contributed by atoms with Gasteiger partial charge in [-0.25, -0.2) is 4.79 Å². The molecule has 2 aromatic rings. The molecule has 0 bridgehead atoms. The van der Waals surface area contributed by atoms with E-state index in [1.807, 2.05) is 43.3 Å². The molecular weight excluding hydrogens is 326 g/mol. The van der Waals surface area contributed by atoms with E-state index in [9.17, 15) is 4.79 Å². The summed E-state index contributed by atoms with van der Waals surface area (Å²) in [5.41, 5.74) is 2.62. The molecule has 26 heavy (non-hydrogen) atoms. The Bertz CT molecular complexity index is 775. The van der Waals surface area contributed by atoms with E-state index in [0.717, 1.165) is 36.1 Å². The molecule has 0 aliphatic rings. The van der Waals surface area contributed by atoms with E-state index in [1.165, 1.54) is 6.08 Å². The highest BCUT2D eigenvalue weighted by Gasteiger charge is 2.11. The molecule has 0 N–H and O–H groups in total. The van der Waals surface area contributed by atoms with Crippen LogP contribution in [0.4, 0.5) is 0 Å². The number of benzene rings is 2. The third kappa shape index (κ3) is 5.49. The van der Waals surface area contributed by atoms with Gasteiger partial charge < -0.3 is 9.47 Å². The Labute approximate surface area is 154 Å². The standard InChI is InChI=1S/C22H23NO3/c1-3-19(26-22(24)4-2)8-7-15-25-21-10-6-5-9-20(21)18-13-11-17(16-23)12-14-18/h4-6,9-14,19H,2-3,7-8,15H2,1H3. The van der Waals surface area contributed by atoms with Crippen molar-refractivity contribution in [2.24, 2.45) is 0 Å². The summed E-state index contributed by atoms with van der Waals surface area (Å²) in [7, 11) is 0. The molecule has 0 radical (unpaired) electrons. The van der Waals surface area contributed by atoms with Crippen LogP contribution < -0.4 is 4.74 Å². The minimum absolute atomic E-state index is 0.113. The molecule has 0 heterocycles. The van der Waals surface area contributed by atoms with Crippen molar-refractivity contribution in [3.8, 4) is 22.9 Å². The number of ether oxygens (including phenoxy) is 2. The third-order valence-corrected chi connectivity index (χ3v) is 4.04. The van der Waals surface area contributed by atoms with Crippen LogP contribution in [-0.4, -0.2) is 18.7 Å². The van der Waals surface area contributed by atoms with Crippen LogP contribution in [0.15, 0.2) is 61.2 Å². The van der Waals surface area contributed by atoms with Gasteiger partial charge in [0.1, 0.15) is 11.9 Å². The van der Waals surface area contributed by atoms with Gasteiger partial charge in [-0.15, -0.1) is 0 Å². The van der Waals surface area contributed by atoms with Gasteiger partial charge in [-0.3, -0.25) is 0 Å². The highest BCUT2D eigenvalue weighted by Crippen LogP contribution is 2.30. The molecule has 0 saturated heterocycles. The minimum atomic E-state index is -0.385. The molecule has 1 unspecified atom stereocenters. The van der Waals surface area contributed by atoms with Crippen molar-refractivity contribution in [1.82, 2.24) is 0 Å². The van der Waals surface area contributed by atoms with Crippen molar-refractivity contribution in [3.63, 3.8) is 0 Å². The lowest BCUT2D eigenvalue weighted by Gasteiger charge is -2.16. The zero-order valence-electron chi connectivity index (χ0n) is 15.0. The number of carbonyl (C=O) groups is 1. The van der Waals surface area contributed by atoms with Crippen molar-refractivity contribution in [2.75, 3.05) is 6.61 Å². The number of para-hydroxylation sites is 1. The monoisotopic (exact) mass is 349 g/mol. The summed E-state index contributed by atoms with van der Waals surface area (Å²) in [4.78, 5) is 11.3. The van der Waals surface area contributed by atoms with Crippen LogP contribution in [0.3, 0.4) is 0 Å². The second-order valence-corrected chi connectivity index (χ2v) is 5.85. The Hall–Kier alpha value is -3.06. The van der Waals surface area contributed by atoms with Crippen LogP contribution in [0, 0.1) is 11.3 Å². The minimum Gasteiger partial charge on any atom is -0.493 e. The summed E-state index contributed by atoms with van der Waals surface area (Å²) in [6.07, 6.45) is 3.37. The first-order valence-electron chi connectivity index (χ1n) is 8.73. The zero-order chi connectivity index (χ0) is 18.8. The van der Waals surface area contributed by atoms with Crippen LogP contribution in [0.1, 0.15) is 31.7 Å². The third-order valence-electron chi connectivity index (χ3n) is 4.04. The van der Waals surface area contributed by atoms with Gasteiger partial charge in [0.2, 0.25) is 0 Å². The van der Waals surface area contributed by atoms with Crippen LogP contribution >= 0.6 is 0 Å². The predicted molar refractivity (Wildman–Crippen MR) is 102 cm³/mol. The van der Waals surface area contributed by atoms with Gasteiger partial charge in [0.05, 0.1) is 18.2 Å². The molecule has 0 aliphatic carbocycles. The first kappa shape index (κ1) is 19.3. The van der Waals surface area contributed by atoms with E-state index >= 15 is 0 Å². The van der Waals surface area contributed by atoms with Crippen molar-refractivity contribution in [2.45, 2.75) is 32.3 Å². The van der Waals surface area contributed by atoms with Gasteiger partial charge in [-0.1, -0.05) is 43.8 Å². The van der Waals surface area contributed by atoms with E-state index in [-0.39, 0.29) is 12.1 Å². The molecule has 0 aromatic heterocycles. The van der Waals surface area contributed by atoms with Gasteiger partial charge in [-0.2, -0.15) is 5.26 Å². The number of hydrogen-bond acceptors (Lipinski definition) is 4. The highest BCUT2D eigenvalue weighted by atomic mass is 16.5. The van der Waals surface area contributed by atoms with Gasteiger partial charge in [0.15, 0.2) is 0 Å². The van der Waals surface area contributed by atoms with E-state index in [2.05, 4.69) is 12.6 Å². The fraction of sp³-hybridized carbons (Fsp3) is 0.273. The molecule has 4 heteroatoms. The van der Waals surface area contributed by atoms with Crippen molar-refractivity contribution >= 4 is 5.97 Å². The topological polar surface area (TPSA) is 59.3 Å². The van der Waals surface area contributed by atoms with E-state index in [0.29, 0.717) is 12.2 Å². The number of carbonyl (C=O) groups excluding carboxylic acids is 1. The average molecular weight is 349 g/mol. The molecule has 0 saturated carbocycles. The van der Waals surface area contributed by atoms with Gasteiger partial charge in [0, 0.05) is 11.6 Å². The lowest BCUT2D eigenvalue weighted by atomic mass is 10.0. The molecule has 0 spiro atoms. The fourth-order valence-electron chi connectivity index (χ4n) is 2.61. The molecule has 1 atom stereocenters. The molecule has 0 amide bonds. The second kappa shape index (κ2) is 10.0. The molecule has 0 fully saturated rings. The summed E-state index contributed by atoms with van der Waals surface area (Å²) in [6, 6.07) is 17.4. The van der Waals surface area contributed by atoms with Crippen molar-refractivity contribution in [1.29, 1.82) is 5.26 Å². The number of nitriles is 1. The van der Waals surface area contributed by atoms with Crippen LogP contribution in [0.25, 0.3) is 11.1 Å². The molecule has 134 valence electrons. The Morgan fingerprint density at radius 3 is 2.62 bits per heavy atom. The zero-order valence-corrected chi connectivity index (χ0v) is 15.0. The number of hydrogen-bond donors (Lipinski definition) is 0. The van der Waals surface area contributed by atoms with Gasteiger partial charge in [-0.05, 0) is 43.0 Å². The van der Waals surface area contributed by atoms with E-state index in [1.54, 1.807) is 12.1 Å².